The lowest BCUT2D eigenvalue weighted by atomic mass is 9.84. The normalized spacial score (nSPS) is 19.1. The zero-order valence-corrected chi connectivity index (χ0v) is 11.0. The summed E-state index contributed by atoms with van der Waals surface area (Å²) in [5.74, 6) is 0.199. The average Bonchev–Trinajstić information content (AvgIpc) is 2.64. The highest BCUT2D eigenvalue weighted by atomic mass is 32.1. The Bertz CT molecular complexity index is 348. The summed E-state index contributed by atoms with van der Waals surface area (Å²) >= 11 is 1.72. The Morgan fingerprint density at radius 3 is 2.50 bits per heavy atom. The van der Waals surface area contributed by atoms with Gasteiger partial charge in [0.25, 0.3) is 0 Å². The van der Waals surface area contributed by atoms with Gasteiger partial charge in [0.15, 0.2) is 5.13 Å². The molecule has 0 unspecified atom stereocenters. The first-order valence-electron chi connectivity index (χ1n) is 5.83. The molecule has 2 nitrogen and oxygen atoms in total. The number of aromatic nitrogens is 1. The largest absolute Gasteiger partial charge is 0.348 e. The fourth-order valence-electron chi connectivity index (χ4n) is 2.25. The van der Waals surface area contributed by atoms with Crippen molar-refractivity contribution in [2.24, 2.45) is 5.92 Å². The van der Waals surface area contributed by atoms with E-state index < -0.39 is 5.67 Å². The standard InChI is InChI=1S/C12H19FN2S/c1-9-8-14-11(16-9)15-6-4-10(5-7-15)12(2,3)13/h8,10H,4-7H2,1-3H3. The van der Waals surface area contributed by atoms with Crippen molar-refractivity contribution in [1.82, 2.24) is 4.98 Å². The van der Waals surface area contributed by atoms with Crippen LogP contribution in [0.4, 0.5) is 9.52 Å². The van der Waals surface area contributed by atoms with Crippen LogP contribution < -0.4 is 4.90 Å². The molecule has 1 aliphatic heterocycles. The van der Waals surface area contributed by atoms with Crippen LogP contribution in [0, 0.1) is 12.8 Å². The van der Waals surface area contributed by atoms with Gasteiger partial charge in [0, 0.05) is 24.2 Å². The maximum atomic E-state index is 13.8. The zero-order valence-electron chi connectivity index (χ0n) is 10.2. The van der Waals surface area contributed by atoms with E-state index in [2.05, 4.69) is 16.8 Å². The molecule has 1 saturated heterocycles. The predicted molar refractivity (Wildman–Crippen MR) is 67.0 cm³/mol. The molecule has 0 atom stereocenters. The van der Waals surface area contributed by atoms with Crippen LogP contribution in [0.5, 0.6) is 0 Å². The van der Waals surface area contributed by atoms with Crippen LogP contribution in [0.2, 0.25) is 0 Å². The topological polar surface area (TPSA) is 16.1 Å². The smallest absolute Gasteiger partial charge is 0.185 e. The van der Waals surface area contributed by atoms with E-state index in [0.29, 0.717) is 0 Å². The molecular formula is C12H19FN2S. The summed E-state index contributed by atoms with van der Waals surface area (Å²) in [7, 11) is 0. The van der Waals surface area contributed by atoms with Crippen molar-refractivity contribution < 1.29 is 4.39 Å². The number of anilines is 1. The summed E-state index contributed by atoms with van der Waals surface area (Å²) in [6, 6.07) is 0. The van der Waals surface area contributed by atoms with E-state index in [1.54, 1.807) is 25.2 Å². The number of alkyl halides is 1. The third kappa shape index (κ3) is 2.54. The second-order valence-corrected chi connectivity index (χ2v) is 6.29. The number of hydrogen-bond donors (Lipinski definition) is 0. The van der Waals surface area contributed by atoms with E-state index >= 15 is 0 Å². The first-order chi connectivity index (χ1) is 7.47. The molecule has 0 bridgehead atoms. The minimum absolute atomic E-state index is 0.199. The number of nitrogens with zero attached hydrogens (tertiary/aromatic N) is 2. The minimum atomic E-state index is -1.04. The summed E-state index contributed by atoms with van der Waals surface area (Å²) in [5, 5.41) is 1.09. The van der Waals surface area contributed by atoms with Gasteiger partial charge < -0.3 is 4.90 Å². The maximum absolute atomic E-state index is 13.8. The summed E-state index contributed by atoms with van der Waals surface area (Å²) < 4.78 is 13.8. The number of aryl methyl sites for hydroxylation is 1. The van der Waals surface area contributed by atoms with Gasteiger partial charge in [-0.1, -0.05) is 0 Å². The van der Waals surface area contributed by atoms with Gasteiger partial charge in [-0.25, -0.2) is 9.37 Å². The van der Waals surface area contributed by atoms with Crippen molar-refractivity contribution in [3.63, 3.8) is 0 Å². The van der Waals surface area contributed by atoms with Crippen LogP contribution in [-0.4, -0.2) is 23.7 Å². The van der Waals surface area contributed by atoms with Crippen molar-refractivity contribution in [1.29, 1.82) is 0 Å². The first kappa shape index (κ1) is 11.8. The Morgan fingerprint density at radius 1 is 1.44 bits per heavy atom. The highest BCUT2D eigenvalue weighted by Crippen LogP contribution is 2.33. The fraction of sp³-hybridized carbons (Fsp3) is 0.750. The summed E-state index contributed by atoms with van der Waals surface area (Å²) in [6.07, 6.45) is 3.77. The van der Waals surface area contributed by atoms with Crippen LogP contribution in [0.1, 0.15) is 31.6 Å². The van der Waals surface area contributed by atoms with E-state index in [4.69, 9.17) is 0 Å². The van der Waals surface area contributed by atoms with E-state index in [1.165, 1.54) is 4.88 Å². The van der Waals surface area contributed by atoms with E-state index in [9.17, 15) is 4.39 Å². The monoisotopic (exact) mass is 242 g/mol. The fourth-order valence-corrected chi connectivity index (χ4v) is 3.06. The molecule has 1 aromatic heterocycles. The molecular weight excluding hydrogens is 223 g/mol. The van der Waals surface area contributed by atoms with E-state index in [1.807, 2.05) is 6.20 Å². The molecule has 4 heteroatoms. The minimum Gasteiger partial charge on any atom is -0.348 e. The highest BCUT2D eigenvalue weighted by Gasteiger charge is 2.32. The molecule has 0 spiro atoms. The summed E-state index contributed by atoms with van der Waals surface area (Å²) in [6.45, 7) is 7.33. The Labute approximate surface area is 100 Å². The average molecular weight is 242 g/mol. The lowest BCUT2D eigenvalue weighted by Crippen LogP contribution is -2.39. The lowest BCUT2D eigenvalue weighted by Gasteiger charge is -2.36. The molecule has 2 heterocycles. The molecule has 1 aliphatic rings. The van der Waals surface area contributed by atoms with Gasteiger partial charge in [-0.2, -0.15) is 0 Å². The second-order valence-electron chi connectivity index (χ2n) is 5.08. The van der Waals surface area contributed by atoms with Gasteiger partial charge in [0.05, 0.1) is 0 Å². The molecule has 1 fully saturated rings. The number of rotatable bonds is 2. The molecule has 0 amide bonds. The van der Waals surface area contributed by atoms with Gasteiger partial charge in [-0.15, -0.1) is 11.3 Å². The first-order valence-corrected chi connectivity index (χ1v) is 6.65. The number of hydrogen-bond acceptors (Lipinski definition) is 3. The Balaban J connectivity index is 1.95. The van der Waals surface area contributed by atoms with Crippen LogP contribution in [0.3, 0.4) is 0 Å². The molecule has 1 aromatic rings. The van der Waals surface area contributed by atoms with E-state index in [0.717, 1.165) is 31.1 Å². The quantitative estimate of drug-likeness (QED) is 0.790. The van der Waals surface area contributed by atoms with Crippen molar-refractivity contribution in [2.75, 3.05) is 18.0 Å². The predicted octanol–water partition coefficient (Wildman–Crippen LogP) is 3.42. The van der Waals surface area contributed by atoms with Crippen molar-refractivity contribution >= 4 is 16.5 Å². The third-order valence-corrected chi connectivity index (χ3v) is 4.32. The zero-order chi connectivity index (χ0) is 11.8. The van der Waals surface area contributed by atoms with Crippen molar-refractivity contribution in [3.8, 4) is 0 Å². The van der Waals surface area contributed by atoms with Gasteiger partial charge in [0.2, 0.25) is 0 Å². The molecule has 0 saturated carbocycles. The number of thiazole rings is 1. The third-order valence-electron chi connectivity index (χ3n) is 3.35. The van der Waals surface area contributed by atoms with E-state index in [-0.39, 0.29) is 5.92 Å². The number of halogens is 1. The van der Waals surface area contributed by atoms with Crippen LogP contribution in [0.15, 0.2) is 6.20 Å². The van der Waals surface area contributed by atoms with Crippen molar-refractivity contribution in [2.45, 2.75) is 39.3 Å². The highest BCUT2D eigenvalue weighted by molar-refractivity contribution is 7.15. The lowest BCUT2D eigenvalue weighted by molar-refractivity contribution is 0.104. The molecule has 2 rings (SSSR count). The molecule has 90 valence electrons. The molecule has 0 aliphatic carbocycles. The summed E-state index contributed by atoms with van der Waals surface area (Å²) in [5.41, 5.74) is -1.04. The second kappa shape index (κ2) is 4.32. The van der Waals surface area contributed by atoms with Crippen LogP contribution in [-0.2, 0) is 0 Å². The molecule has 16 heavy (non-hydrogen) atoms. The molecule has 0 aromatic carbocycles. The Morgan fingerprint density at radius 2 is 2.06 bits per heavy atom. The molecule has 0 radical (unpaired) electrons. The van der Waals surface area contributed by atoms with Crippen molar-refractivity contribution in [3.05, 3.63) is 11.1 Å². The SMILES string of the molecule is Cc1cnc(N2CCC(C(C)(C)F)CC2)s1. The Hall–Kier alpha value is -0.640. The maximum Gasteiger partial charge on any atom is 0.185 e. The summed E-state index contributed by atoms with van der Waals surface area (Å²) in [4.78, 5) is 7.89. The Kier molecular flexibility index (Phi) is 3.19. The van der Waals surface area contributed by atoms with Crippen LogP contribution in [0.25, 0.3) is 0 Å². The number of piperidine rings is 1. The van der Waals surface area contributed by atoms with Gasteiger partial charge in [-0.3, -0.25) is 0 Å². The molecule has 0 N–H and O–H groups in total. The van der Waals surface area contributed by atoms with Gasteiger partial charge >= 0.3 is 0 Å². The van der Waals surface area contributed by atoms with Gasteiger partial charge in [-0.05, 0) is 39.5 Å². The van der Waals surface area contributed by atoms with Gasteiger partial charge in [0.1, 0.15) is 5.67 Å². The van der Waals surface area contributed by atoms with Crippen LogP contribution >= 0.6 is 11.3 Å².